The monoisotopic (exact) mass is 907 g/mol. The fraction of sp³-hybridized carbons (Fsp3) is 0.429. The molecule has 13 nitrogen and oxygen atoms in total. The molecule has 64 heavy (non-hydrogen) atoms. The van der Waals surface area contributed by atoms with Crippen molar-refractivity contribution in [1.82, 2.24) is 25.7 Å². The van der Waals surface area contributed by atoms with Crippen LogP contribution in [0.5, 0.6) is 0 Å². The molecule has 1 saturated heterocycles. The van der Waals surface area contributed by atoms with Gasteiger partial charge in [-0.1, -0.05) is 80.0 Å². The van der Waals surface area contributed by atoms with Gasteiger partial charge in [-0.05, 0) is 99.7 Å². The number of rotatable bonds is 17. The SMILES string of the molecule is [C-]#[N+]c1ccc(N(CCCCCOCC(=O)N[C@H](C(=O)N2C[C@H](O)C[C@H]2C(=O)N[C@@H](C)c2ccc(-c3scnc3C)cc2)C(C)(C)C)c2cc(-c3c(C)noc3C)ccc2C)cc1Cl. The van der Waals surface area contributed by atoms with E-state index in [0.29, 0.717) is 30.3 Å². The first-order valence-electron chi connectivity index (χ1n) is 21.6. The summed E-state index contributed by atoms with van der Waals surface area (Å²) in [5, 5.41) is 21.1. The van der Waals surface area contributed by atoms with Crippen molar-refractivity contribution in [2.45, 2.75) is 105 Å². The van der Waals surface area contributed by atoms with Crippen LogP contribution in [0.1, 0.15) is 87.7 Å². The van der Waals surface area contributed by atoms with E-state index in [1.165, 1.54) is 4.90 Å². The molecule has 6 rings (SSSR count). The van der Waals surface area contributed by atoms with E-state index in [4.69, 9.17) is 27.4 Å². The van der Waals surface area contributed by atoms with Crippen molar-refractivity contribution in [3.8, 4) is 21.6 Å². The number of aliphatic hydroxyl groups is 1. The number of thiazole rings is 1. The summed E-state index contributed by atoms with van der Waals surface area (Å²) in [6.45, 7) is 23.5. The van der Waals surface area contributed by atoms with E-state index in [-0.39, 0.29) is 31.5 Å². The molecule has 0 saturated carbocycles. The van der Waals surface area contributed by atoms with Crippen LogP contribution in [0.3, 0.4) is 0 Å². The summed E-state index contributed by atoms with van der Waals surface area (Å²) in [5.41, 5.74) is 10.1. The van der Waals surface area contributed by atoms with Crippen LogP contribution < -0.4 is 15.5 Å². The lowest BCUT2D eigenvalue weighted by atomic mass is 9.85. The molecule has 0 bridgehead atoms. The Kier molecular flexibility index (Phi) is 15.7. The van der Waals surface area contributed by atoms with Gasteiger partial charge in [0, 0.05) is 48.1 Å². The van der Waals surface area contributed by atoms with Gasteiger partial charge in [0.05, 0.1) is 40.5 Å². The van der Waals surface area contributed by atoms with Gasteiger partial charge in [0.25, 0.3) is 0 Å². The predicted molar refractivity (Wildman–Crippen MR) is 252 cm³/mol. The van der Waals surface area contributed by atoms with Gasteiger partial charge < -0.3 is 34.8 Å². The van der Waals surface area contributed by atoms with Crippen molar-refractivity contribution >= 4 is 57.7 Å². The molecular formula is C49H58ClN7O6S. The molecule has 0 unspecified atom stereocenters. The van der Waals surface area contributed by atoms with E-state index in [1.807, 2.05) is 90.4 Å². The average Bonchev–Trinajstić information content (AvgIpc) is 3.97. The van der Waals surface area contributed by atoms with Crippen LogP contribution in [0, 0.1) is 39.7 Å². The number of hydrogen-bond acceptors (Lipinski definition) is 10. The van der Waals surface area contributed by atoms with Crippen LogP contribution in [0.4, 0.5) is 17.1 Å². The highest BCUT2D eigenvalue weighted by molar-refractivity contribution is 7.13. The minimum absolute atomic E-state index is 0.0177. The van der Waals surface area contributed by atoms with E-state index >= 15 is 0 Å². The maximum absolute atomic E-state index is 14.2. The maximum atomic E-state index is 14.2. The minimum atomic E-state index is -0.965. The van der Waals surface area contributed by atoms with E-state index in [0.717, 1.165) is 74.1 Å². The summed E-state index contributed by atoms with van der Waals surface area (Å²) >= 11 is 8.10. The summed E-state index contributed by atoms with van der Waals surface area (Å²) in [5.74, 6) is -0.507. The Bertz CT molecular complexity index is 2470. The number of β-amino-alcohol motifs (C(OH)–C–C–N with tert-alkyl or cyclic N) is 1. The molecule has 5 aromatic rings. The number of ether oxygens (including phenoxy) is 1. The van der Waals surface area contributed by atoms with Gasteiger partial charge in [-0.3, -0.25) is 14.4 Å². The molecule has 0 radical (unpaired) electrons. The topological polar surface area (TPSA) is 154 Å². The first-order chi connectivity index (χ1) is 30.5. The first kappa shape index (κ1) is 47.9. The number of nitrogens with one attached hydrogen (secondary N) is 2. The van der Waals surface area contributed by atoms with E-state index < -0.39 is 35.4 Å². The zero-order valence-electron chi connectivity index (χ0n) is 37.8. The van der Waals surface area contributed by atoms with Gasteiger partial charge in [-0.15, -0.1) is 11.3 Å². The molecule has 0 spiro atoms. The van der Waals surface area contributed by atoms with Crippen LogP contribution in [0.2, 0.25) is 5.02 Å². The number of carbonyl (C=O) groups excluding carboxylic acids is 3. The Morgan fingerprint density at radius 2 is 1.75 bits per heavy atom. The summed E-state index contributed by atoms with van der Waals surface area (Å²) in [6, 6.07) is 17.5. The molecule has 2 aromatic heterocycles. The first-order valence-corrected chi connectivity index (χ1v) is 22.9. The lowest BCUT2D eigenvalue weighted by molar-refractivity contribution is -0.144. The molecule has 3 aromatic carbocycles. The number of carbonyl (C=O) groups is 3. The van der Waals surface area contributed by atoms with Crippen molar-refractivity contribution < 1.29 is 28.8 Å². The summed E-state index contributed by atoms with van der Waals surface area (Å²) in [4.78, 5) is 53.7. The second-order valence-electron chi connectivity index (χ2n) is 17.6. The quantitative estimate of drug-likeness (QED) is 0.0611. The standard InChI is InChI=1S/C49H58ClN7O6S/c1-29-13-14-36(44-31(3)55-63-33(44)5)23-41(29)56(37-19-20-40(51-9)39(50)24-37)21-11-10-12-22-62-27-43(59)54-46(49(6,7)8)48(61)57-26-38(58)25-42(57)47(60)53-30(2)34-15-17-35(18-16-34)45-32(4)52-28-64-45/h13-20,23-24,28,30,38,42,46,58H,10-12,21-22,25-27H2,1-8H3,(H,53,60)(H,54,59)/t30-,38+,42-,46+/m0/s1. The number of halogens is 1. The molecule has 0 aliphatic carbocycles. The Balaban J connectivity index is 1.02. The van der Waals surface area contributed by atoms with E-state index in [2.05, 4.69) is 55.6 Å². The van der Waals surface area contributed by atoms with Crippen molar-refractivity contribution in [3.63, 3.8) is 0 Å². The number of benzene rings is 3. The minimum Gasteiger partial charge on any atom is -0.391 e. The van der Waals surface area contributed by atoms with Crippen LogP contribution >= 0.6 is 22.9 Å². The van der Waals surface area contributed by atoms with Gasteiger partial charge in [0.1, 0.15) is 24.5 Å². The molecule has 338 valence electrons. The number of unbranched alkanes of at least 4 members (excludes halogenated alkanes) is 2. The molecule has 1 aliphatic rings. The number of amides is 3. The highest BCUT2D eigenvalue weighted by Crippen LogP contribution is 2.38. The molecular weight excluding hydrogens is 850 g/mol. The van der Waals surface area contributed by atoms with Crippen LogP contribution in [-0.2, 0) is 19.1 Å². The summed E-state index contributed by atoms with van der Waals surface area (Å²) < 4.78 is 11.3. The molecule has 4 atom stereocenters. The fourth-order valence-electron chi connectivity index (χ4n) is 8.13. The Morgan fingerprint density at radius 1 is 1.02 bits per heavy atom. The smallest absolute Gasteiger partial charge is 0.246 e. The Hall–Kier alpha value is -5.59. The van der Waals surface area contributed by atoms with E-state index in [1.54, 1.807) is 17.4 Å². The molecule has 3 heterocycles. The van der Waals surface area contributed by atoms with Crippen LogP contribution in [0.15, 0.2) is 70.7 Å². The second-order valence-corrected chi connectivity index (χ2v) is 18.9. The van der Waals surface area contributed by atoms with Gasteiger partial charge in [0.15, 0.2) is 0 Å². The number of aromatic nitrogens is 2. The molecule has 1 aliphatic heterocycles. The van der Waals surface area contributed by atoms with Crippen molar-refractivity contribution in [2.24, 2.45) is 5.41 Å². The van der Waals surface area contributed by atoms with Gasteiger partial charge >= 0.3 is 0 Å². The predicted octanol–water partition coefficient (Wildman–Crippen LogP) is 9.60. The van der Waals surface area contributed by atoms with Gasteiger partial charge in [-0.2, -0.15) is 0 Å². The maximum Gasteiger partial charge on any atom is 0.246 e. The lowest BCUT2D eigenvalue weighted by Crippen LogP contribution is -2.58. The zero-order valence-corrected chi connectivity index (χ0v) is 39.4. The number of likely N-dealkylation sites (tertiary alicyclic amines) is 1. The van der Waals surface area contributed by atoms with Crippen molar-refractivity contribution in [3.05, 3.63) is 111 Å². The lowest BCUT2D eigenvalue weighted by Gasteiger charge is -2.35. The van der Waals surface area contributed by atoms with Gasteiger partial charge in [-0.25, -0.2) is 9.83 Å². The molecule has 3 N–H and O–H groups in total. The zero-order chi connectivity index (χ0) is 46.3. The number of aliphatic hydroxyl groups excluding tert-OH is 1. The number of hydrogen-bond donors (Lipinski definition) is 3. The number of aryl methyl sites for hydroxylation is 4. The van der Waals surface area contributed by atoms with Gasteiger partial charge in [0.2, 0.25) is 23.4 Å². The highest BCUT2D eigenvalue weighted by Gasteiger charge is 2.44. The van der Waals surface area contributed by atoms with Crippen LogP contribution in [0.25, 0.3) is 26.4 Å². The van der Waals surface area contributed by atoms with Crippen molar-refractivity contribution in [1.29, 1.82) is 0 Å². The van der Waals surface area contributed by atoms with Crippen molar-refractivity contribution in [2.75, 3.05) is 31.2 Å². The average molecular weight is 909 g/mol. The summed E-state index contributed by atoms with van der Waals surface area (Å²) in [6.07, 6.45) is 1.50. The van der Waals surface area contributed by atoms with E-state index in [9.17, 15) is 19.5 Å². The molecule has 1 fully saturated rings. The Labute approximate surface area is 385 Å². The largest absolute Gasteiger partial charge is 0.391 e. The Morgan fingerprint density at radius 3 is 2.39 bits per heavy atom. The fourth-order valence-corrected chi connectivity index (χ4v) is 9.16. The normalized spacial score (nSPS) is 16.0. The summed E-state index contributed by atoms with van der Waals surface area (Å²) in [7, 11) is 0. The third-order valence-electron chi connectivity index (χ3n) is 11.6. The third kappa shape index (κ3) is 11.4. The number of anilines is 2. The highest BCUT2D eigenvalue weighted by atomic mass is 35.5. The third-order valence-corrected chi connectivity index (χ3v) is 12.9. The molecule has 3 amide bonds. The van der Waals surface area contributed by atoms with Crippen LogP contribution in [-0.4, -0.2) is 82.4 Å². The number of nitrogens with zero attached hydrogens (tertiary/aromatic N) is 5. The molecule has 15 heteroatoms. The second kappa shape index (κ2) is 20.9.